The fourth-order valence-electron chi connectivity index (χ4n) is 3.79. The Morgan fingerprint density at radius 3 is 3.00 bits per heavy atom. The van der Waals surface area contributed by atoms with Gasteiger partial charge in [-0.05, 0) is 44.1 Å². The van der Waals surface area contributed by atoms with Crippen LogP contribution in [-0.2, 0) is 22.4 Å². The number of carbonyl (C=O) groups is 1. The van der Waals surface area contributed by atoms with Gasteiger partial charge in [0, 0.05) is 17.5 Å². The topological polar surface area (TPSA) is 65.4 Å². The van der Waals surface area contributed by atoms with Crippen LogP contribution in [0.4, 0.5) is 5.00 Å². The summed E-state index contributed by atoms with van der Waals surface area (Å²) in [6.45, 7) is 8.22. The number of fused-ring (bicyclic) bond motifs is 1. The zero-order valence-corrected chi connectivity index (χ0v) is 16.1. The van der Waals surface area contributed by atoms with Crippen molar-refractivity contribution < 1.29 is 9.53 Å². The molecule has 1 aliphatic heterocycles. The first-order chi connectivity index (χ1) is 12.0. The van der Waals surface area contributed by atoms with Gasteiger partial charge >= 0.3 is 0 Å². The third kappa shape index (κ3) is 4.05. The number of amides is 1. The van der Waals surface area contributed by atoms with Crippen molar-refractivity contribution in [2.75, 3.05) is 25.0 Å². The number of anilines is 1. The number of ether oxygens (including phenoxy) is 1. The second kappa shape index (κ2) is 7.86. The number of nitrogens with one attached hydrogen (secondary N) is 1. The minimum atomic E-state index is -0.0318. The normalized spacial score (nSPS) is 26.7. The highest BCUT2D eigenvalue weighted by atomic mass is 32.1. The number of nitriles is 1. The number of carbonyl (C=O) groups excluding carboxylic acids is 1. The number of thiophene rings is 1. The van der Waals surface area contributed by atoms with Gasteiger partial charge < -0.3 is 10.1 Å². The highest BCUT2D eigenvalue weighted by Gasteiger charge is 2.28. The molecule has 2 heterocycles. The molecule has 0 bridgehead atoms. The summed E-state index contributed by atoms with van der Waals surface area (Å²) in [5.41, 5.74) is 1.84. The Balaban J connectivity index is 1.70. The second-order valence-corrected chi connectivity index (χ2v) is 8.46. The summed E-state index contributed by atoms with van der Waals surface area (Å²) in [7, 11) is 0. The van der Waals surface area contributed by atoms with Gasteiger partial charge in [-0.2, -0.15) is 5.26 Å². The third-order valence-corrected chi connectivity index (χ3v) is 6.45. The van der Waals surface area contributed by atoms with Gasteiger partial charge in [-0.15, -0.1) is 11.3 Å². The van der Waals surface area contributed by atoms with E-state index in [4.69, 9.17) is 4.74 Å². The molecule has 1 saturated heterocycles. The van der Waals surface area contributed by atoms with Gasteiger partial charge in [-0.3, -0.25) is 9.69 Å². The summed E-state index contributed by atoms with van der Waals surface area (Å²) in [5, 5.41) is 13.3. The molecule has 1 aromatic rings. The Morgan fingerprint density at radius 2 is 2.28 bits per heavy atom. The van der Waals surface area contributed by atoms with E-state index in [9.17, 15) is 10.1 Å². The highest BCUT2D eigenvalue weighted by molar-refractivity contribution is 7.16. The van der Waals surface area contributed by atoms with Crippen LogP contribution in [0.3, 0.4) is 0 Å². The molecule has 1 aromatic heterocycles. The van der Waals surface area contributed by atoms with Crippen molar-refractivity contribution in [1.82, 2.24) is 4.90 Å². The summed E-state index contributed by atoms with van der Waals surface area (Å²) < 4.78 is 5.70. The zero-order valence-electron chi connectivity index (χ0n) is 15.3. The monoisotopic (exact) mass is 361 g/mol. The minimum absolute atomic E-state index is 0.0318. The van der Waals surface area contributed by atoms with E-state index < -0.39 is 0 Å². The van der Waals surface area contributed by atoms with Crippen LogP contribution in [0.25, 0.3) is 0 Å². The van der Waals surface area contributed by atoms with Crippen LogP contribution in [0, 0.1) is 17.2 Å². The molecule has 1 N–H and O–H groups in total. The fraction of sp³-hybridized carbons (Fsp3) is 0.684. The smallest absolute Gasteiger partial charge is 0.239 e. The van der Waals surface area contributed by atoms with Crippen molar-refractivity contribution >= 4 is 22.2 Å². The standard InChI is InChI=1S/C19H27N3O2S/c1-4-14-11-24-13(3)9-22(14)10-18(23)21-19-16(8-20)15-6-5-12(2)7-17(15)25-19/h12-14H,4-7,9-11H2,1-3H3,(H,21,23)/t12-,13+,14-/m1/s1. The maximum Gasteiger partial charge on any atom is 0.239 e. The third-order valence-electron chi connectivity index (χ3n) is 5.28. The zero-order chi connectivity index (χ0) is 18.0. The van der Waals surface area contributed by atoms with E-state index in [1.165, 1.54) is 4.88 Å². The van der Waals surface area contributed by atoms with Crippen molar-refractivity contribution in [3.8, 4) is 6.07 Å². The number of rotatable bonds is 4. The predicted octanol–water partition coefficient (Wildman–Crippen LogP) is 3.18. The summed E-state index contributed by atoms with van der Waals surface area (Å²) in [4.78, 5) is 16.1. The van der Waals surface area contributed by atoms with Crippen molar-refractivity contribution in [1.29, 1.82) is 5.26 Å². The highest BCUT2D eigenvalue weighted by Crippen LogP contribution is 2.39. The van der Waals surface area contributed by atoms with Gasteiger partial charge in [0.2, 0.25) is 5.91 Å². The molecule has 6 heteroatoms. The first-order valence-electron chi connectivity index (χ1n) is 9.21. The molecule has 2 aliphatic rings. The molecule has 1 aliphatic carbocycles. The molecular weight excluding hydrogens is 334 g/mol. The lowest BCUT2D eigenvalue weighted by Crippen LogP contribution is -2.51. The summed E-state index contributed by atoms with van der Waals surface area (Å²) in [5.74, 6) is 0.622. The van der Waals surface area contributed by atoms with Crippen LogP contribution in [0.15, 0.2) is 0 Å². The van der Waals surface area contributed by atoms with Crippen LogP contribution in [-0.4, -0.2) is 42.6 Å². The predicted molar refractivity (Wildman–Crippen MR) is 99.9 cm³/mol. The van der Waals surface area contributed by atoms with Gasteiger partial charge in [-0.25, -0.2) is 0 Å². The van der Waals surface area contributed by atoms with Crippen molar-refractivity contribution in [2.45, 2.75) is 58.6 Å². The first kappa shape index (κ1) is 18.4. The molecule has 0 spiro atoms. The van der Waals surface area contributed by atoms with E-state index in [-0.39, 0.29) is 18.1 Å². The number of hydrogen-bond acceptors (Lipinski definition) is 5. The van der Waals surface area contributed by atoms with Gasteiger partial charge in [0.15, 0.2) is 0 Å². The van der Waals surface area contributed by atoms with Gasteiger partial charge in [0.05, 0.1) is 24.8 Å². The average Bonchev–Trinajstić information content (AvgIpc) is 2.90. The van der Waals surface area contributed by atoms with Gasteiger partial charge in [0.1, 0.15) is 11.1 Å². The molecule has 0 unspecified atom stereocenters. The maximum atomic E-state index is 12.6. The number of hydrogen-bond donors (Lipinski definition) is 1. The summed E-state index contributed by atoms with van der Waals surface area (Å²) >= 11 is 1.59. The largest absolute Gasteiger partial charge is 0.376 e. The van der Waals surface area contributed by atoms with E-state index in [1.54, 1.807) is 11.3 Å². The molecule has 25 heavy (non-hydrogen) atoms. The Bertz CT molecular complexity index is 679. The molecule has 0 aromatic carbocycles. The van der Waals surface area contributed by atoms with Gasteiger partial charge in [0.25, 0.3) is 0 Å². The van der Waals surface area contributed by atoms with Crippen LogP contribution in [0.1, 0.15) is 49.6 Å². The second-order valence-electron chi connectivity index (χ2n) is 7.35. The Morgan fingerprint density at radius 1 is 1.48 bits per heavy atom. The van der Waals surface area contributed by atoms with E-state index in [0.717, 1.165) is 42.8 Å². The molecule has 5 nitrogen and oxygen atoms in total. The lowest BCUT2D eigenvalue weighted by atomic mass is 9.89. The van der Waals surface area contributed by atoms with Gasteiger partial charge in [-0.1, -0.05) is 13.8 Å². The molecule has 1 fully saturated rings. The van der Waals surface area contributed by atoms with E-state index in [0.29, 0.717) is 24.6 Å². The van der Waals surface area contributed by atoms with E-state index in [2.05, 4.69) is 30.1 Å². The molecule has 3 atom stereocenters. The molecule has 0 radical (unpaired) electrons. The average molecular weight is 362 g/mol. The molecular formula is C19H27N3O2S. The SMILES string of the molecule is CC[C@@H]1CO[C@@H](C)CN1CC(=O)Nc1sc2c(c1C#N)CC[C@@H](C)C2. The number of nitrogens with zero attached hydrogens (tertiary/aromatic N) is 2. The fourth-order valence-corrected chi connectivity index (χ4v) is 5.17. The van der Waals surface area contributed by atoms with Crippen molar-refractivity contribution in [2.24, 2.45) is 5.92 Å². The lowest BCUT2D eigenvalue weighted by molar-refractivity contribution is -0.121. The van der Waals surface area contributed by atoms with E-state index in [1.807, 2.05) is 6.92 Å². The van der Waals surface area contributed by atoms with Crippen LogP contribution in [0.2, 0.25) is 0 Å². The molecule has 3 rings (SSSR count). The quantitative estimate of drug-likeness (QED) is 0.894. The van der Waals surface area contributed by atoms with Crippen LogP contribution < -0.4 is 5.32 Å². The Kier molecular flexibility index (Phi) is 5.78. The lowest BCUT2D eigenvalue weighted by Gasteiger charge is -2.37. The van der Waals surface area contributed by atoms with Crippen molar-refractivity contribution in [3.63, 3.8) is 0 Å². The van der Waals surface area contributed by atoms with Crippen molar-refractivity contribution in [3.05, 3.63) is 16.0 Å². The number of morpholine rings is 1. The molecule has 136 valence electrons. The Hall–Kier alpha value is -1.42. The molecule has 0 saturated carbocycles. The molecule has 1 amide bonds. The van der Waals surface area contributed by atoms with E-state index >= 15 is 0 Å². The summed E-state index contributed by atoms with van der Waals surface area (Å²) in [6.07, 6.45) is 4.21. The minimum Gasteiger partial charge on any atom is -0.376 e. The Labute approximate surface area is 154 Å². The van der Waals surface area contributed by atoms with Crippen LogP contribution in [0.5, 0.6) is 0 Å². The maximum absolute atomic E-state index is 12.6. The van der Waals surface area contributed by atoms with Crippen LogP contribution >= 0.6 is 11.3 Å². The summed E-state index contributed by atoms with van der Waals surface area (Å²) in [6, 6.07) is 2.60. The first-order valence-corrected chi connectivity index (χ1v) is 10.0.